The fourth-order valence-electron chi connectivity index (χ4n) is 1.61. The molecule has 0 heterocycles. The van der Waals surface area contributed by atoms with Crippen LogP contribution < -0.4 is 14.8 Å². The summed E-state index contributed by atoms with van der Waals surface area (Å²) in [5, 5.41) is 11.8. The Labute approximate surface area is 125 Å². The molecule has 0 bridgehead atoms. The molecule has 0 aliphatic heterocycles. The van der Waals surface area contributed by atoms with Gasteiger partial charge in [-0.1, -0.05) is 6.92 Å². The number of carbonyl (C=O) groups excluding carboxylic acids is 1. The van der Waals surface area contributed by atoms with Gasteiger partial charge in [-0.3, -0.25) is 4.79 Å². The van der Waals surface area contributed by atoms with E-state index in [1.165, 1.54) is 0 Å². The lowest BCUT2D eigenvalue weighted by molar-refractivity contribution is -0.124. The van der Waals surface area contributed by atoms with Crippen molar-refractivity contribution in [2.45, 2.75) is 39.7 Å². The molecule has 0 atom stereocenters. The van der Waals surface area contributed by atoms with Gasteiger partial charge in [-0.25, -0.2) is 0 Å². The number of hydrogen-bond donors (Lipinski definition) is 1. The molecule has 0 unspecified atom stereocenters. The molecule has 114 valence electrons. The Morgan fingerprint density at radius 2 is 2.00 bits per heavy atom. The van der Waals surface area contributed by atoms with Gasteiger partial charge < -0.3 is 14.8 Å². The predicted octanol–water partition coefficient (Wildman–Crippen LogP) is 2.64. The van der Waals surface area contributed by atoms with Crippen LogP contribution in [-0.4, -0.2) is 24.7 Å². The van der Waals surface area contributed by atoms with E-state index in [1.807, 2.05) is 33.8 Å². The molecule has 1 aromatic rings. The Hall–Kier alpha value is -2.22. The number of nitriles is 1. The molecule has 21 heavy (non-hydrogen) atoms. The van der Waals surface area contributed by atoms with Crippen LogP contribution in [0.4, 0.5) is 0 Å². The number of hydrogen-bond acceptors (Lipinski definition) is 4. The summed E-state index contributed by atoms with van der Waals surface area (Å²) < 4.78 is 10.9. The number of amides is 1. The first-order valence-electron chi connectivity index (χ1n) is 7.02. The molecule has 1 rings (SSSR count). The lowest BCUT2D eigenvalue weighted by Gasteiger charge is -2.24. The first-order chi connectivity index (χ1) is 9.91. The van der Waals surface area contributed by atoms with Gasteiger partial charge in [0.05, 0.1) is 18.2 Å². The van der Waals surface area contributed by atoms with Gasteiger partial charge >= 0.3 is 0 Å². The van der Waals surface area contributed by atoms with Crippen molar-refractivity contribution in [1.82, 2.24) is 5.32 Å². The molecule has 0 aliphatic carbocycles. The summed E-state index contributed by atoms with van der Waals surface area (Å²) >= 11 is 0. The second-order valence-electron chi connectivity index (χ2n) is 5.28. The van der Waals surface area contributed by atoms with E-state index in [4.69, 9.17) is 14.7 Å². The van der Waals surface area contributed by atoms with Crippen molar-refractivity contribution in [3.05, 3.63) is 23.8 Å². The highest BCUT2D eigenvalue weighted by atomic mass is 16.5. The van der Waals surface area contributed by atoms with Crippen LogP contribution in [-0.2, 0) is 4.79 Å². The van der Waals surface area contributed by atoms with E-state index in [0.717, 1.165) is 6.42 Å². The monoisotopic (exact) mass is 290 g/mol. The number of nitrogens with zero attached hydrogens (tertiary/aromatic N) is 1. The van der Waals surface area contributed by atoms with Crippen LogP contribution in [0, 0.1) is 11.3 Å². The third kappa shape index (κ3) is 5.35. The molecule has 1 amide bonds. The summed E-state index contributed by atoms with van der Waals surface area (Å²) in [5.74, 6) is 0.744. The number of carbonyl (C=O) groups is 1. The molecule has 0 aromatic heterocycles. The van der Waals surface area contributed by atoms with Crippen molar-refractivity contribution >= 4 is 5.91 Å². The maximum absolute atomic E-state index is 11.9. The highest BCUT2D eigenvalue weighted by molar-refractivity contribution is 5.78. The fourth-order valence-corrected chi connectivity index (χ4v) is 1.61. The molecule has 0 fully saturated rings. The summed E-state index contributed by atoms with van der Waals surface area (Å²) in [6, 6.07) is 6.92. The van der Waals surface area contributed by atoms with Crippen LogP contribution >= 0.6 is 0 Å². The van der Waals surface area contributed by atoms with E-state index in [-0.39, 0.29) is 18.1 Å². The second-order valence-corrected chi connectivity index (χ2v) is 5.28. The smallest absolute Gasteiger partial charge is 0.258 e. The van der Waals surface area contributed by atoms with Gasteiger partial charge in [0.1, 0.15) is 0 Å². The third-order valence-corrected chi connectivity index (χ3v) is 3.09. The minimum Gasteiger partial charge on any atom is -0.490 e. The van der Waals surface area contributed by atoms with Crippen molar-refractivity contribution in [2.24, 2.45) is 0 Å². The van der Waals surface area contributed by atoms with Crippen LogP contribution in [0.5, 0.6) is 11.5 Å². The SMILES string of the molecule is CCOc1cc(C#N)ccc1OCC(=O)NC(C)(C)CC. The van der Waals surface area contributed by atoms with Crippen molar-refractivity contribution in [2.75, 3.05) is 13.2 Å². The molecular formula is C16H22N2O3. The van der Waals surface area contributed by atoms with Gasteiger partial charge in [0.25, 0.3) is 5.91 Å². The normalized spacial score (nSPS) is 10.6. The van der Waals surface area contributed by atoms with Crippen LogP contribution in [0.3, 0.4) is 0 Å². The summed E-state index contributed by atoms with van der Waals surface area (Å²) in [6.07, 6.45) is 0.833. The number of rotatable bonds is 7. The second kappa shape index (κ2) is 7.53. The average molecular weight is 290 g/mol. The molecular weight excluding hydrogens is 268 g/mol. The largest absolute Gasteiger partial charge is 0.490 e. The summed E-state index contributed by atoms with van der Waals surface area (Å²) in [4.78, 5) is 11.9. The van der Waals surface area contributed by atoms with E-state index < -0.39 is 0 Å². The summed E-state index contributed by atoms with van der Waals surface area (Å²) in [7, 11) is 0. The minimum atomic E-state index is -0.256. The fraction of sp³-hybridized carbons (Fsp3) is 0.500. The Balaban J connectivity index is 2.71. The number of nitrogens with one attached hydrogen (secondary N) is 1. The molecule has 5 heteroatoms. The average Bonchev–Trinajstić information content (AvgIpc) is 2.45. The topological polar surface area (TPSA) is 71.3 Å². The first-order valence-corrected chi connectivity index (χ1v) is 7.02. The van der Waals surface area contributed by atoms with Crippen molar-refractivity contribution in [3.8, 4) is 17.6 Å². The highest BCUT2D eigenvalue weighted by Gasteiger charge is 2.18. The van der Waals surface area contributed by atoms with E-state index in [2.05, 4.69) is 5.32 Å². The van der Waals surface area contributed by atoms with Gasteiger partial charge in [-0.2, -0.15) is 5.26 Å². The van der Waals surface area contributed by atoms with Gasteiger partial charge in [-0.15, -0.1) is 0 Å². The summed E-state index contributed by atoms with van der Waals surface area (Å²) in [5.41, 5.74) is 0.232. The van der Waals surface area contributed by atoms with Crippen molar-refractivity contribution in [3.63, 3.8) is 0 Å². The third-order valence-electron chi connectivity index (χ3n) is 3.09. The molecule has 0 saturated carbocycles. The number of ether oxygens (including phenoxy) is 2. The highest BCUT2D eigenvalue weighted by Crippen LogP contribution is 2.28. The van der Waals surface area contributed by atoms with Gasteiger partial charge in [-0.05, 0) is 39.3 Å². The van der Waals surface area contributed by atoms with Gasteiger partial charge in [0.2, 0.25) is 0 Å². The Bertz CT molecular complexity index is 533. The quantitative estimate of drug-likeness (QED) is 0.838. The van der Waals surface area contributed by atoms with E-state index >= 15 is 0 Å². The standard InChI is InChI=1S/C16H22N2O3/c1-5-16(3,4)18-15(19)11-21-13-8-7-12(10-17)9-14(13)20-6-2/h7-9H,5-6,11H2,1-4H3,(H,18,19). The number of benzene rings is 1. The zero-order valence-corrected chi connectivity index (χ0v) is 13.0. The Morgan fingerprint density at radius 3 is 2.57 bits per heavy atom. The first kappa shape index (κ1) is 16.8. The molecule has 5 nitrogen and oxygen atoms in total. The zero-order valence-electron chi connectivity index (χ0n) is 13.0. The lowest BCUT2D eigenvalue weighted by Crippen LogP contribution is -2.44. The summed E-state index contributed by atoms with van der Waals surface area (Å²) in [6.45, 7) is 8.14. The minimum absolute atomic E-state index is 0.0879. The zero-order chi connectivity index (χ0) is 15.9. The molecule has 1 aromatic carbocycles. The van der Waals surface area contributed by atoms with E-state index in [0.29, 0.717) is 23.7 Å². The lowest BCUT2D eigenvalue weighted by atomic mass is 10.0. The van der Waals surface area contributed by atoms with Gasteiger partial charge in [0, 0.05) is 11.6 Å². The molecule has 1 N–H and O–H groups in total. The van der Waals surface area contributed by atoms with Crippen molar-refractivity contribution < 1.29 is 14.3 Å². The maximum atomic E-state index is 11.9. The van der Waals surface area contributed by atoms with Crippen LogP contribution in [0.15, 0.2) is 18.2 Å². The maximum Gasteiger partial charge on any atom is 0.258 e. The molecule has 0 saturated heterocycles. The van der Waals surface area contributed by atoms with Gasteiger partial charge in [0.15, 0.2) is 18.1 Å². The Kier molecular flexibility index (Phi) is 6.04. The molecule has 0 spiro atoms. The van der Waals surface area contributed by atoms with Crippen LogP contribution in [0.25, 0.3) is 0 Å². The van der Waals surface area contributed by atoms with Crippen LogP contribution in [0.1, 0.15) is 39.7 Å². The Morgan fingerprint density at radius 1 is 1.29 bits per heavy atom. The van der Waals surface area contributed by atoms with E-state index in [1.54, 1.807) is 18.2 Å². The molecule has 0 aliphatic rings. The van der Waals surface area contributed by atoms with E-state index in [9.17, 15) is 4.79 Å². The van der Waals surface area contributed by atoms with Crippen molar-refractivity contribution in [1.29, 1.82) is 5.26 Å². The predicted molar refractivity (Wildman–Crippen MR) is 80.3 cm³/mol. The van der Waals surface area contributed by atoms with Crippen LogP contribution in [0.2, 0.25) is 0 Å². The molecule has 0 radical (unpaired) electrons.